The Balaban J connectivity index is 1.42. The molecule has 1 aromatic carbocycles. The Labute approximate surface area is 172 Å². The molecule has 1 amide bonds. The van der Waals surface area contributed by atoms with E-state index in [0.29, 0.717) is 21.4 Å². The fourth-order valence-electron chi connectivity index (χ4n) is 3.35. The summed E-state index contributed by atoms with van der Waals surface area (Å²) in [4.78, 5) is 19.7. The first-order valence-corrected chi connectivity index (χ1v) is 10.6. The van der Waals surface area contributed by atoms with Crippen molar-refractivity contribution in [2.75, 3.05) is 18.4 Å². The number of nitrogens with zero attached hydrogens (tertiary/aromatic N) is 3. The number of anilines is 1. The number of nitrogens with one attached hydrogen (secondary N) is 2. The highest BCUT2D eigenvalue weighted by Gasteiger charge is 2.19. The van der Waals surface area contributed by atoms with Crippen molar-refractivity contribution in [3.63, 3.8) is 0 Å². The molecule has 146 valence electrons. The van der Waals surface area contributed by atoms with Crippen molar-refractivity contribution in [3.05, 3.63) is 52.1 Å². The molecule has 4 rings (SSSR count). The molecule has 0 unspecified atom stereocenters. The number of hydrogen-bond donors (Lipinski definition) is 2. The van der Waals surface area contributed by atoms with Crippen LogP contribution in [0.25, 0.3) is 11.3 Å². The fraction of sp³-hybridized carbons (Fsp3) is 0.350. The van der Waals surface area contributed by atoms with Gasteiger partial charge < -0.3 is 0 Å². The van der Waals surface area contributed by atoms with E-state index in [0.717, 1.165) is 36.8 Å². The van der Waals surface area contributed by atoms with Crippen LogP contribution < -0.4 is 5.32 Å². The van der Waals surface area contributed by atoms with Crippen LogP contribution in [-0.2, 0) is 6.54 Å². The van der Waals surface area contributed by atoms with Crippen molar-refractivity contribution >= 4 is 34.0 Å². The van der Waals surface area contributed by atoms with E-state index in [-0.39, 0.29) is 5.91 Å². The van der Waals surface area contributed by atoms with E-state index in [9.17, 15) is 4.79 Å². The monoisotopic (exact) mass is 415 g/mol. The number of amides is 1. The van der Waals surface area contributed by atoms with Crippen LogP contribution in [0.5, 0.6) is 0 Å². The maximum atomic E-state index is 12.7. The Morgan fingerprint density at radius 3 is 2.82 bits per heavy atom. The molecule has 0 bridgehead atoms. The number of aromatic amines is 1. The first-order chi connectivity index (χ1) is 13.6. The third kappa shape index (κ3) is 4.43. The second-order valence-corrected chi connectivity index (χ2v) is 8.52. The standard InChI is InChI=1S/C20H22ClN5OS/c1-13-6-8-26(9-7-13)11-16-12-28-20(23-16)24-19(27)17-10-22-25-18(17)14-2-4-15(21)5-3-14/h2-5,10,12-13H,6-9,11H2,1H3,(H,22,25)(H,23,24,27). The number of benzene rings is 1. The lowest BCUT2D eigenvalue weighted by Crippen LogP contribution is -2.32. The van der Waals surface area contributed by atoms with Crippen LogP contribution in [0.3, 0.4) is 0 Å². The first-order valence-electron chi connectivity index (χ1n) is 9.36. The highest BCUT2D eigenvalue weighted by Crippen LogP contribution is 2.25. The number of thiazole rings is 1. The number of carbonyl (C=O) groups is 1. The molecule has 0 radical (unpaired) electrons. The minimum absolute atomic E-state index is 0.230. The molecule has 1 aliphatic heterocycles. The molecule has 3 heterocycles. The van der Waals surface area contributed by atoms with Gasteiger partial charge in [-0.05, 0) is 44.0 Å². The van der Waals surface area contributed by atoms with E-state index >= 15 is 0 Å². The predicted molar refractivity (Wildman–Crippen MR) is 113 cm³/mol. The quantitative estimate of drug-likeness (QED) is 0.635. The maximum Gasteiger partial charge on any atom is 0.261 e. The van der Waals surface area contributed by atoms with Gasteiger partial charge in [-0.1, -0.05) is 30.7 Å². The van der Waals surface area contributed by atoms with Crippen molar-refractivity contribution in [1.29, 1.82) is 0 Å². The summed E-state index contributed by atoms with van der Waals surface area (Å²) >= 11 is 7.40. The van der Waals surface area contributed by atoms with Gasteiger partial charge in [-0.25, -0.2) is 4.98 Å². The molecule has 1 saturated heterocycles. The van der Waals surface area contributed by atoms with Crippen LogP contribution in [0.2, 0.25) is 5.02 Å². The van der Waals surface area contributed by atoms with Gasteiger partial charge in [0.1, 0.15) is 0 Å². The van der Waals surface area contributed by atoms with E-state index < -0.39 is 0 Å². The van der Waals surface area contributed by atoms with Crippen molar-refractivity contribution in [1.82, 2.24) is 20.1 Å². The van der Waals surface area contributed by atoms with Gasteiger partial charge in [0.2, 0.25) is 0 Å². The molecule has 2 N–H and O–H groups in total. The van der Waals surface area contributed by atoms with Crippen molar-refractivity contribution in [2.45, 2.75) is 26.3 Å². The molecule has 2 aromatic heterocycles. The zero-order chi connectivity index (χ0) is 19.5. The molecular weight excluding hydrogens is 394 g/mol. The summed E-state index contributed by atoms with van der Waals surface area (Å²) in [6, 6.07) is 7.28. The highest BCUT2D eigenvalue weighted by atomic mass is 35.5. The van der Waals surface area contributed by atoms with Crippen LogP contribution in [0, 0.1) is 5.92 Å². The highest BCUT2D eigenvalue weighted by molar-refractivity contribution is 7.14. The number of aromatic nitrogens is 3. The average Bonchev–Trinajstić information content (AvgIpc) is 3.34. The van der Waals surface area contributed by atoms with E-state index in [2.05, 4.69) is 32.3 Å². The minimum atomic E-state index is -0.230. The topological polar surface area (TPSA) is 73.9 Å². The van der Waals surface area contributed by atoms with Crippen LogP contribution >= 0.6 is 22.9 Å². The van der Waals surface area contributed by atoms with Crippen LogP contribution in [0.1, 0.15) is 35.8 Å². The summed E-state index contributed by atoms with van der Waals surface area (Å²) in [5.74, 6) is 0.581. The van der Waals surface area contributed by atoms with Gasteiger partial charge in [0.15, 0.2) is 5.13 Å². The van der Waals surface area contributed by atoms with Crippen LogP contribution in [0.15, 0.2) is 35.8 Å². The number of H-pyrrole nitrogens is 1. The van der Waals surface area contributed by atoms with Gasteiger partial charge in [0.05, 0.1) is 23.1 Å². The molecule has 0 atom stereocenters. The fourth-order valence-corrected chi connectivity index (χ4v) is 4.17. The molecule has 0 aliphatic carbocycles. The Morgan fingerprint density at radius 1 is 1.32 bits per heavy atom. The lowest BCUT2D eigenvalue weighted by molar-refractivity contribution is 0.102. The first kappa shape index (κ1) is 19.1. The molecule has 6 nitrogen and oxygen atoms in total. The Kier molecular flexibility index (Phi) is 5.75. The van der Waals surface area contributed by atoms with Crippen molar-refractivity contribution in [2.24, 2.45) is 5.92 Å². The molecular formula is C20H22ClN5OS. The molecule has 8 heteroatoms. The predicted octanol–water partition coefficient (Wildman–Crippen LogP) is 4.67. The Bertz CT molecular complexity index is 944. The lowest BCUT2D eigenvalue weighted by Gasteiger charge is -2.29. The van der Waals surface area contributed by atoms with E-state index in [4.69, 9.17) is 11.6 Å². The molecule has 0 spiro atoms. The average molecular weight is 416 g/mol. The largest absolute Gasteiger partial charge is 0.298 e. The number of hydrogen-bond acceptors (Lipinski definition) is 5. The summed E-state index contributed by atoms with van der Waals surface area (Å²) in [6.45, 7) is 5.36. The lowest BCUT2D eigenvalue weighted by atomic mass is 9.99. The molecule has 3 aromatic rings. The number of likely N-dealkylation sites (tertiary alicyclic amines) is 1. The van der Waals surface area contributed by atoms with E-state index in [1.807, 2.05) is 17.5 Å². The number of rotatable bonds is 5. The number of halogens is 1. The smallest absolute Gasteiger partial charge is 0.261 e. The molecule has 1 aliphatic rings. The SMILES string of the molecule is CC1CCN(Cc2csc(NC(=O)c3cn[nH]c3-c3ccc(Cl)cc3)n2)CC1. The zero-order valence-electron chi connectivity index (χ0n) is 15.6. The number of piperidine rings is 1. The number of carbonyl (C=O) groups excluding carboxylic acids is 1. The van der Waals surface area contributed by atoms with Crippen LogP contribution in [-0.4, -0.2) is 39.1 Å². The molecule has 28 heavy (non-hydrogen) atoms. The van der Waals surface area contributed by atoms with Crippen molar-refractivity contribution < 1.29 is 4.79 Å². The third-order valence-electron chi connectivity index (χ3n) is 5.05. The third-order valence-corrected chi connectivity index (χ3v) is 6.11. The van der Waals surface area contributed by atoms with E-state index in [1.165, 1.54) is 30.4 Å². The zero-order valence-corrected chi connectivity index (χ0v) is 17.2. The van der Waals surface area contributed by atoms with Gasteiger partial charge >= 0.3 is 0 Å². The second kappa shape index (κ2) is 8.43. The summed E-state index contributed by atoms with van der Waals surface area (Å²) in [6.07, 6.45) is 4.01. The van der Waals surface area contributed by atoms with Crippen LogP contribution in [0.4, 0.5) is 5.13 Å². The molecule has 1 fully saturated rings. The van der Waals surface area contributed by atoms with Gasteiger partial charge in [0, 0.05) is 22.5 Å². The van der Waals surface area contributed by atoms with E-state index in [1.54, 1.807) is 12.1 Å². The maximum absolute atomic E-state index is 12.7. The van der Waals surface area contributed by atoms with Crippen molar-refractivity contribution in [3.8, 4) is 11.3 Å². The normalized spacial score (nSPS) is 15.6. The Morgan fingerprint density at radius 2 is 2.07 bits per heavy atom. The summed E-state index contributed by atoms with van der Waals surface area (Å²) < 4.78 is 0. The minimum Gasteiger partial charge on any atom is -0.298 e. The van der Waals surface area contributed by atoms with Gasteiger partial charge in [-0.3, -0.25) is 20.1 Å². The van der Waals surface area contributed by atoms with Gasteiger partial charge in [0.25, 0.3) is 5.91 Å². The second-order valence-electron chi connectivity index (χ2n) is 7.22. The summed E-state index contributed by atoms with van der Waals surface area (Å²) in [5.41, 5.74) is 2.99. The van der Waals surface area contributed by atoms with Gasteiger partial charge in [-0.15, -0.1) is 11.3 Å². The Hall–Kier alpha value is -2.22. The summed E-state index contributed by atoms with van der Waals surface area (Å²) in [7, 11) is 0. The summed E-state index contributed by atoms with van der Waals surface area (Å²) in [5, 5.41) is 13.1. The van der Waals surface area contributed by atoms with Gasteiger partial charge in [-0.2, -0.15) is 5.10 Å². The molecule has 0 saturated carbocycles.